The van der Waals surface area contributed by atoms with Gasteiger partial charge >= 0.3 is 0 Å². The summed E-state index contributed by atoms with van der Waals surface area (Å²) >= 11 is 0. The maximum atomic E-state index is 3.62. The summed E-state index contributed by atoms with van der Waals surface area (Å²) < 4.78 is 0. The molecule has 0 radical (unpaired) electrons. The largest absolute Gasteiger partial charge is 0.0991 e. The Labute approximate surface area is 139 Å². The maximum Gasteiger partial charge on any atom is -0.0348 e. The van der Waals surface area contributed by atoms with Gasteiger partial charge in [-0.2, -0.15) is 0 Å². The Balaban J connectivity index is 3.26. The normalized spacial score (nSPS) is 12.4. The van der Waals surface area contributed by atoms with Crippen molar-refractivity contribution in [3.63, 3.8) is 0 Å². The van der Waals surface area contributed by atoms with Crippen LogP contribution in [0.3, 0.4) is 0 Å². The molecule has 0 unspecified atom stereocenters. The molecule has 0 rings (SSSR count). The Kier molecular flexibility index (Phi) is 18.5. The van der Waals surface area contributed by atoms with Crippen LogP contribution in [-0.2, 0) is 0 Å². The summed E-state index contributed by atoms with van der Waals surface area (Å²) in [6.07, 6.45) is 33.6. The van der Waals surface area contributed by atoms with Gasteiger partial charge in [-0.25, -0.2) is 0 Å². The fourth-order valence-electron chi connectivity index (χ4n) is 2.32. The van der Waals surface area contributed by atoms with Crippen molar-refractivity contribution in [1.29, 1.82) is 0 Å². The van der Waals surface area contributed by atoms with E-state index in [2.05, 4.69) is 37.8 Å². The molecule has 0 saturated carbocycles. The van der Waals surface area contributed by atoms with Crippen molar-refractivity contribution >= 4 is 0 Å². The molecule has 0 heterocycles. The Bertz CT molecular complexity index is 328. The quantitative estimate of drug-likeness (QED) is 0.214. The van der Waals surface area contributed by atoms with Crippen molar-refractivity contribution in [1.82, 2.24) is 0 Å². The van der Waals surface area contributed by atoms with Gasteiger partial charge in [-0.15, -0.1) is 0 Å². The van der Waals surface area contributed by atoms with E-state index in [1.165, 1.54) is 70.6 Å². The molecule has 0 aromatic rings. The number of hydrogen-bond acceptors (Lipinski definition) is 0. The summed E-state index contributed by atoms with van der Waals surface area (Å²) in [5.41, 5.74) is 0. The summed E-state index contributed by atoms with van der Waals surface area (Å²) in [4.78, 5) is 0. The van der Waals surface area contributed by atoms with Crippen LogP contribution in [0.5, 0.6) is 0 Å². The number of hydrogen-bond donors (Lipinski definition) is 0. The summed E-state index contributed by atoms with van der Waals surface area (Å²) in [7, 11) is 0. The van der Waals surface area contributed by atoms with Crippen LogP contribution in [0.1, 0.15) is 77.6 Å². The number of rotatable bonds is 15. The highest BCUT2D eigenvalue weighted by Crippen LogP contribution is 2.11. The monoisotopic (exact) mass is 300 g/mol. The standard InChI is InChI=1S/C22H36/c1-3-5-7-9-11-13-15-17-19-21-22-20-18-16-14-12-10-8-6-4-2/h3,5,7,9,11,13,15,17,19H,1,4,6,8,10,12,14,16,18,20-22H2,2H3. The van der Waals surface area contributed by atoms with E-state index in [-0.39, 0.29) is 0 Å². The highest BCUT2D eigenvalue weighted by Gasteiger charge is 1.91. The molecule has 0 nitrogen and oxygen atoms in total. The molecule has 0 aliphatic heterocycles. The maximum absolute atomic E-state index is 3.62. The fourth-order valence-corrected chi connectivity index (χ4v) is 2.32. The first-order valence-corrected chi connectivity index (χ1v) is 9.19. The van der Waals surface area contributed by atoms with Gasteiger partial charge in [-0.05, 0) is 12.8 Å². The van der Waals surface area contributed by atoms with E-state index in [1.54, 1.807) is 6.08 Å². The zero-order chi connectivity index (χ0) is 16.1. The molecule has 0 aromatic carbocycles. The zero-order valence-electron chi connectivity index (χ0n) is 14.7. The van der Waals surface area contributed by atoms with Crippen molar-refractivity contribution in [3.8, 4) is 0 Å². The lowest BCUT2D eigenvalue weighted by molar-refractivity contribution is 0.557. The van der Waals surface area contributed by atoms with Gasteiger partial charge in [0.2, 0.25) is 0 Å². The number of unbranched alkanes of at least 4 members (excludes halogenated alkanes) is 10. The molecule has 0 spiro atoms. The van der Waals surface area contributed by atoms with Crippen molar-refractivity contribution < 1.29 is 0 Å². The van der Waals surface area contributed by atoms with E-state index in [0.717, 1.165) is 0 Å². The van der Waals surface area contributed by atoms with Crippen LogP contribution in [0, 0.1) is 0 Å². The lowest BCUT2D eigenvalue weighted by Crippen LogP contribution is -1.81. The summed E-state index contributed by atoms with van der Waals surface area (Å²) in [5, 5.41) is 0. The minimum absolute atomic E-state index is 1.21. The van der Waals surface area contributed by atoms with E-state index in [0.29, 0.717) is 0 Å². The minimum Gasteiger partial charge on any atom is -0.0991 e. The Morgan fingerprint density at radius 1 is 0.545 bits per heavy atom. The average Bonchev–Trinajstić information content (AvgIpc) is 2.54. The Morgan fingerprint density at radius 2 is 1.00 bits per heavy atom. The molecule has 22 heavy (non-hydrogen) atoms. The first kappa shape index (κ1) is 20.7. The van der Waals surface area contributed by atoms with E-state index in [9.17, 15) is 0 Å². The molecule has 0 aromatic heterocycles. The topological polar surface area (TPSA) is 0 Å². The van der Waals surface area contributed by atoms with Crippen molar-refractivity contribution in [2.24, 2.45) is 0 Å². The first-order chi connectivity index (χ1) is 10.9. The Hall–Kier alpha value is -1.30. The molecule has 0 atom stereocenters. The third-order valence-corrected chi connectivity index (χ3v) is 3.66. The molecule has 0 heteroatoms. The third kappa shape index (κ3) is 18.7. The van der Waals surface area contributed by atoms with Crippen LogP contribution in [0.2, 0.25) is 0 Å². The second-order valence-electron chi connectivity index (χ2n) is 5.79. The van der Waals surface area contributed by atoms with Crippen LogP contribution in [0.15, 0.2) is 61.3 Å². The van der Waals surface area contributed by atoms with Gasteiger partial charge in [0, 0.05) is 0 Å². The van der Waals surface area contributed by atoms with Gasteiger partial charge in [0.15, 0.2) is 0 Å². The van der Waals surface area contributed by atoms with Crippen molar-refractivity contribution in [2.75, 3.05) is 0 Å². The second kappa shape index (κ2) is 19.7. The molecule has 124 valence electrons. The minimum atomic E-state index is 1.21. The van der Waals surface area contributed by atoms with Gasteiger partial charge in [0.25, 0.3) is 0 Å². The molecule has 0 aliphatic rings. The summed E-state index contributed by atoms with van der Waals surface area (Å²) in [6, 6.07) is 0. The van der Waals surface area contributed by atoms with E-state index >= 15 is 0 Å². The van der Waals surface area contributed by atoms with Crippen molar-refractivity contribution in [2.45, 2.75) is 77.6 Å². The molecule has 0 N–H and O–H groups in total. The van der Waals surface area contributed by atoms with Crippen LogP contribution in [0.4, 0.5) is 0 Å². The molecule has 0 bridgehead atoms. The summed E-state index contributed by atoms with van der Waals surface area (Å²) in [6.45, 7) is 5.91. The fraction of sp³-hybridized carbons (Fsp3) is 0.545. The number of allylic oxidation sites excluding steroid dienone is 9. The lowest BCUT2D eigenvalue weighted by atomic mass is 10.1. The zero-order valence-corrected chi connectivity index (χ0v) is 14.7. The van der Waals surface area contributed by atoms with E-state index < -0.39 is 0 Å². The van der Waals surface area contributed by atoms with E-state index in [4.69, 9.17) is 0 Å². The molecule has 0 aliphatic carbocycles. The SMILES string of the molecule is C=CC=CC=CC=CC=CCCCCCCCCCCCC. The van der Waals surface area contributed by atoms with Gasteiger partial charge in [0.05, 0.1) is 0 Å². The van der Waals surface area contributed by atoms with Crippen LogP contribution in [-0.4, -0.2) is 0 Å². The molecule has 0 saturated heterocycles. The van der Waals surface area contributed by atoms with Crippen LogP contribution in [0.25, 0.3) is 0 Å². The highest BCUT2D eigenvalue weighted by molar-refractivity contribution is 5.17. The van der Waals surface area contributed by atoms with Crippen molar-refractivity contribution in [3.05, 3.63) is 61.3 Å². The third-order valence-electron chi connectivity index (χ3n) is 3.66. The average molecular weight is 301 g/mol. The summed E-state index contributed by atoms with van der Waals surface area (Å²) in [5.74, 6) is 0. The van der Waals surface area contributed by atoms with Gasteiger partial charge in [0.1, 0.15) is 0 Å². The Morgan fingerprint density at radius 3 is 1.55 bits per heavy atom. The predicted octanol–water partition coefficient (Wildman–Crippen LogP) is 7.71. The molecule has 0 amide bonds. The van der Waals surface area contributed by atoms with Gasteiger partial charge in [-0.3, -0.25) is 0 Å². The second-order valence-corrected chi connectivity index (χ2v) is 5.79. The van der Waals surface area contributed by atoms with Gasteiger partial charge < -0.3 is 0 Å². The molecular weight excluding hydrogens is 264 g/mol. The van der Waals surface area contributed by atoms with E-state index in [1.807, 2.05) is 24.3 Å². The van der Waals surface area contributed by atoms with Crippen LogP contribution >= 0.6 is 0 Å². The molecule has 0 fully saturated rings. The smallest absolute Gasteiger partial charge is 0.0348 e. The highest BCUT2D eigenvalue weighted by atomic mass is 14.0. The first-order valence-electron chi connectivity index (χ1n) is 9.19. The van der Waals surface area contributed by atoms with Gasteiger partial charge in [-0.1, -0.05) is 126 Å². The molecular formula is C22H36. The predicted molar refractivity (Wildman–Crippen MR) is 103 cm³/mol. The van der Waals surface area contributed by atoms with Crippen LogP contribution < -0.4 is 0 Å². The lowest BCUT2D eigenvalue weighted by Gasteiger charge is -2.01.